The lowest BCUT2D eigenvalue weighted by Crippen LogP contribution is -1.65. The van der Waals surface area contributed by atoms with Gasteiger partial charge in [-0.1, -0.05) is 12.1 Å². The summed E-state index contributed by atoms with van der Waals surface area (Å²) >= 11 is 1.74. The molecule has 0 saturated heterocycles. The molecule has 0 amide bonds. The van der Waals surface area contributed by atoms with Gasteiger partial charge in [-0.3, -0.25) is 0 Å². The van der Waals surface area contributed by atoms with Crippen LogP contribution >= 0.6 is 23.7 Å². The molecule has 1 nitrogen and oxygen atoms in total. The zero-order chi connectivity index (χ0) is 6.97. The number of hydrogen-bond acceptors (Lipinski definition) is 2. The summed E-state index contributed by atoms with van der Waals surface area (Å²) < 4.78 is 1.28. The topological polar surface area (TPSA) is 12.9 Å². The number of para-hydroxylation sites is 1. The van der Waals surface area contributed by atoms with E-state index in [0.29, 0.717) is 0 Å². The lowest BCUT2D eigenvalue weighted by Gasteiger charge is -1.80. The molecule has 0 aliphatic carbocycles. The molecule has 0 fully saturated rings. The van der Waals surface area contributed by atoms with Crippen LogP contribution in [-0.4, -0.2) is 4.98 Å². The summed E-state index contributed by atoms with van der Waals surface area (Å²) in [7, 11) is 0. The maximum atomic E-state index is 4.33. The molecule has 0 N–H and O–H groups in total. The standard InChI is InChI=1S/C8H7NS.ClH/c1-6-9-7-4-2-3-5-8(7)10-6;/h2-5H,1H3;1H. The van der Waals surface area contributed by atoms with E-state index in [1.807, 2.05) is 25.1 Å². The quantitative estimate of drug-likeness (QED) is 0.615. The normalized spacial score (nSPS) is 9.55. The van der Waals surface area contributed by atoms with Crippen molar-refractivity contribution in [3.8, 4) is 0 Å². The Morgan fingerprint density at radius 2 is 2.00 bits per heavy atom. The Balaban J connectivity index is 0.000000605. The van der Waals surface area contributed by atoms with Crippen LogP contribution in [0, 0.1) is 6.92 Å². The maximum Gasteiger partial charge on any atom is 0.0907 e. The first kappa shape index (κ1) is 8.50. The largest absolute Gasteiger partial charge is 0.242 e. The summed E-state index contributed by atoms with van der Waals surface area (Å²) in [6, 6.07) is 8.19. The van der Waals surface area contributed by atoms with E-state index in [0.717, 1.165) is 10.5 Å². The zero-order valence-electron chi connectivity index (χ0n) is 6.07. The Bertz CT molecular complexity index is 323. The van der Waals surface area contributed by atoms with E-state index >= 15 is 0 Å². The second-order valence-electron chi connectivity index (χ2n) is 2.20. The van der Waals surface area contributed by atoms with Gasteiger partial charge in [-0.05, 0) is 19.1 Å². The number of nitrogens with zero attached hydrogens (tertiary/aromatic N) is 1. The zero-order valence-corrected chi connectivity index (χ0v) is 7.71. The van der Waals surface area contributed by atoms with Gasteiger partial charge in [0.2, 0.25) is 0 Å². The van der Waals surface area contributed by atoms with E-state index < -0.39 is 0 Å². The summed E-state index contributed by atoms with van der Waals surface area (Å²) in [5, 5.41) is 1.14. The van der Waals surface area contributed by atoms with Gasteiger partial charge in [-0.25, -0.2) is 4.98 Å². The first-order valence-corrected chi connectivity index (χ1v) is 4.00. The van der Waals surface area contributed by atoms with Crippen LogP contribution in [0.4, 0.5) is 0 Å². The van der Waals surface area contributed by atoms with Crippen LogP contribution in [0.15, 0.2) is 24.3 Å². The van der Waals surface area contributed by atoms with Gasteiger partial charge in [-0.2, -0.15) is 0 Å². The fraction of sp³-hybridized carbons (Fsp3) is 0.125. The molecular weight excluding hydrogens is 178 g/mol. The van der Waals surface area contributed by atoms with Gasteiger partial charge < -0.3 is 0 Å². The Morgan fingerprint density at radius 3 is 2.73 bits per heavy atom. The van der Waals surface area contributed by atoms with Gasteiger partial charge in [-0.15, -0.1) is 23.7 Å². The number of hydrogen-bond donors (Lipinski definition) is 0. The number of aromatic nitrogens is 1. The van der Waals surface area contributed by atoms with E-state index in [2.05, 4.69) is 11.1 Å². The molecule has 0 unspecified atom stereocenters. The summed E-state index contributed by atoms with van der Waals surface area (Å²) in [5.74, 6) is 0. The molecule has 0 spiro atoms. The van der Waals surface area contributed by atoms with Crippen LogP contribution in [0.5, 0.6) is 0 Å². The van der Waals surface area contributed by atoms with Crippen molar-refractivity contribution in [1.29, 1.82) is 0 Å². The minimum Gasteiger partial charge on any atom is -0.242 e. The highest BCUT2D eigenvalue weighted by atomic mass is 35.5. The van der Waals surface area contributed by atoms with Gasteiger partial charge in [0.25, 0.3) is 0 Å². The highest BCUT2D eigenvalue weighted by Crippen LogP contribution is 2.19. The second-order valence-corrected chi connectivity index (χ2v) is 3.44. The number of aryl methyl sites for hydroxylation is 1. The fourth-order valence-electron chi connectivity index (χ4n) is 0.987. The van der Waals surface area contributed by atoms with Gasteiger partial charge >= 0.3 is 0 Å². The Morgan fingerprint density at radius 1 is 1.27 bits per heavy atom. The number of halogens is 1. The molecule has 0 bridgehead atoms. The van der Waals surface area contributed by atoms with Crippen molar-refractivity contribution in [2.75, 3.05) is 0 Å². The Labute approximate surface area is 75.5 Å². The van der Waals surface area contributed by atoms with Crippen LogP contribution in [0.3, 0.4) is 0 Å². The first-order valence-electron chi connectivity index (χ1n) is 3.18. The number of rotatable bonds is 0. The first-order chi connectivity index (χ1) is 4.86. The van der Waals surface area contributed by atoms with Gasteiger partial charge in [0, 0.05) is 0 Å². The summed E-state index contributed by atoms with van der Waals surface area (Å²) in [4.78, 5) is 4.33. The van der Waals surface area contributed by atoms with Crippen LogP contribution in [0.2, 0.25) is 0 Å². The van der Waals surface area contributed by atoms with Crippen LogP contribution in [-0.2, 0) is 0 Å². The molecule has 0 aliphatic heterocycles. The summed E-state index contributed by atoms with van der Waals surface area (Å²) in [6.07, 6.45) is 0. The smallest absolute Gasteiger partial charge is 0.0907 e. The molecule has 1 aromatic heterocycles. The molecule has 1 heterocycles. The molecule has 0 radical (unpaired) electrons. The molecule has 1 aromatic carbocycles. The van der Waals surface area contributed by atoms with Crippen molar-refractivity contribution in [3.05, 3.63) is 29.3 Å². The monoisotopic (exact) mass is 185 g/mol. The average molecular weight is 186 g/mol. The lowest BCUT2D eigenvalue weighted by atomic mass is 10.3. The molecule has 2 rings (SSSR count). The second kappa shape index (κ2) is 3.20. The minimum atomic E-state index is 0. The highest BCUT2D eigenvalue weighted by molar-refractivity contribution is 7.18. The maximum absolute atomic E-state index is 4.33. The van der Waals surface area contributed by atoms with Crippen molar-refractivity contribution in [3.63, 3.8) is 0 Å². The lowest BCUT2D eigenvalue weighted by molar-refractivity contribution is 1.35. The predicted octanol–water partition coefficient (Wildman–Crippen LogP) is 3.03. The number of fused-ring (bicyclic) bond motifs is 1. The van der Waals surface area contributed by atoms with E-state index in [1.165, 1.54) is 4.70 Å². The van der Waals surface area contributed by atoms with Gasteiger partial charge in [0.05, 0.1) is 15.2 Å². The van der Waals surface area contributed by atoms with E-state index in [4.69, 9.17) is 0 Å². The van der Waals surface area contributed by atoms with E-state index in [-0.39, 0.29) is 12.4 Å². The van der Waals surface area contributed by atoms with Crippen molar-refractivity contribution >= 4 is 34.0 Å². The van der Waals surface area contributed by atoms with Crippen molar-refractivity contribution in [2.24, 2.45) is 0 Å². The Kier molecular flexibility index (Phi) is 2.47. The average Bonchev–Trinajstić information content (AvgIpc) is 2.27. The molecule has 3 heteroatoms. The molecule has 2 aromatic rings. The predicted molar refractivity (Wildman–Crippen MR) is 51.6 cm³/mol. The molecule has 0 saturated carbocycles. The molecule has 0 aliphatic rings. The third-order valence-corrected chi connectivity index (χ3v) is 2.35. The van der Waals surface area contributed by atoms with Crippen LogP contribution < -0.4 is 0 Å². The van der Waals surface area contributed by atoms with Gasteiger partial charge in [0.15, 0.2) is 0 Å². The van der Waals surface area contributed by atoms with Crippen molar-refractivity contribution in [2.45, 2.75) is 6.92 Å². The third kappa shape index (κ3) is 1.52. The van der Waals surface area contributed by atoms with Crippen LogP contribution in [0.25, 0.3) is 10.2 Å². The van der Waals surface area contributed by atoms with E-state index in [9.17, 15) is 0 Å². The number of thiazole rings is 1. The summed E-state index contributed by atoms with van der Waals surface area (Å²) in [5.41, 5.74) is 1.12. The third-order valence-electron chi connectivity index (χ3n) is 1.40. The Hall–Kier alpha value is -0.600. The molecule has 11 heavy (non-hydrogen) atoms. The summed E-state index contributed by atoms with van der Waals surface area (Å²) in [6.45, 7) is 2.03. The van der Waals surface area contributed by atoms with Crippen molar-refractivity contribution < 1.29 is 0 Å². The molecular formula is C8H8ClNS. The molecule has 0 atom stereocenters. The van der Waals surface area contributed by atoms with Crippen LogP contribution in [0.1, 0.15) is 5.01 Å². The van der Waals surface area contributed by atoms with E-state index in [1.54, 1.807) is 11.3 Å². The fourth-order valence-corrected chi connectivity index (χ4v) is 1.81. The highest BCUT2D eigenvalue weighted by Gasteiger charge is 1.95. The molecule has 58 valence electrons. The minimum absolute atomic E-state index is 0. The number of benzene rings is 1. The SMILES string of the molecule is Cc1nc2ccccc2s1.Cl. The van der Waals surface area contributed by atoms with Gasteiger partial charge in [0.1, 0.15) is 0 Å². The van der Waals surface area contributed by atoms with Crippen molar-refractivity contribution in [1.82, 2.24) is 4.98 Å².